The Kier molecular flexibility index (Phi) is 4.52. The third-order valence-electron chi connectivity index (χ3n) is 3.89. The molecule has 6 nitrogen and oxygen atoms in total. The maximum Gasteiger partial charge on any atom is 0.330 e. The Labute approximate surface area is 118 Å². The molecule has 1 fully saturated rings. The van der Waals surface area contributed by atoms with Crippen LogP contribution in [0, 0.1) is 5.92 Å². The minimum Gasteiger partial charge on any atom is -0.383 e. The summed E-state index contributed by atoms with van der Waals surface area (Å²) < 4.78 is 1.45. The minimum atomic E-state index is -0.424. The number of hydrogen-bond acceptors (Lipinski definition) is 4. The van der Waals surface area contributed by atoms with Crippen molar-refractivity contribution in [3.63, 3.8) is 0 Å². The molecule has 1 heterocycles. The predicted molar refractivity (Wildman–Crippen MR) is 81.1 cm³/mol. The summed E-state index contributed by atoms with van der Waals surface area (Å²) in [4.78, 5) is 26.0. The average Bonchev–Trinajstić information content (AvgIpc) is 3.13. The molecule has 0 saturated heterocycles. The lowest BCUT2D eigenvalue weighted by Crippen LogP contribution is -2.34. The van der Waals surface area contributed by atoms with Crippen molar-refractivity contribution in [2.75, 3.05) is 11.1 Å². The van der Waals surface area contributed by atoms with Gasteiger partial charge in [-0.1, -0.05) is 26.7 Å². The van der Waals surface area contributed by atoms with Gasteiger partial charge < -0.3 is 11.1 Å². The second kappa shape index (κ2) is 6.15. The number of hydrogen-bond donors (Lipinski definition) is 3. The first-order valence-corrected chi connectivity index (χ1v) is 7.47. The van der Waals surface area contributed by atoms with Crippen LogP contribution in [0.5, 0.6) is 0 Å². The second-order valence-electron chi connectivity index (χ2n) is 5.56. The molecule has 20 heavy (non-hydrogen) atoms. The van der Waals surface area contributed by atoms with Crippen molar-refractivity contribution in [1.29, 1.82) is 0 Å². The second-order valence-corrected chi connectivity index (χ2v) is 5.56. The number of nitrogens with two attached hydrogens (primary N) is 1. The highest BCUT2D eigenvalue weighted by Crippen LogP contribution is 2.37. The van der Waals surface area contributed by atoms with Crippen molar-refractivity contribution in [3.05, 3.63) is 20.8 Å². The van der Waals surface area contributed by atoms with E-state index in [0.29, 0.717) is 24.2 Å². The largest absolute Gasteiger partial charge is 0.383 e. The van der Waals surface area contributed by atoms with E-state index in [2.05, 4.69) is 17.2 Å². The SMILES string of the molecule is CCCCn1c(N)c(NC2CC2CCC)c(=O)[nH]c1=O. The van der Waals surface area contributed by atoms with Crippen LogP contribution in [0.1, 0.15) is 46.0 Å². The normalized spacial score (nSPS) is 20.9. The Balaban J connectivity index is 2.20. The molecule has 0 amide bonds. The first-order chi connectivity index (χ1) is 9.58. The number of aromatic nitrogens is 2. The van der Waals surface area contributed by atoms with E-state index in [1.54, 1.807) is 0 Å². The van der Waals surface area contributed by atoms with E-state index < -0.39 is 11.2 Å². The molecule has 0 bridgehead atoms. The van der Waals surface area contributed by atoms with Gasteiger partial charge in [0.25, 0.3) is 5.56 Å². The lowest BCUT2D eigenvalue weighted by atomic mass is 10.2. The van der Waals surface area contributed by atoms with E-state index in [1.807, 2.05) is 6.92 Å². The van der Waals surface area contributed by atoms with Gasteiger partial charge in [-0.05, 0) is 25.2 Å². The molecule has 0 aromatic carbocycles. The zero-order valence-corrected chi connectivity index (χ0v) is 12.2. The summed E-state index contributed by atoms with van der Waals surface area (Å²) >= 11 is 0. The monoisotopic (exact) mass is 280 g/mol. The molecule has 0 radical (unpaired) electrons. The number of H-pyrrole nitrogens is 1. The lowest BCUT2D eigenvalue weighted by molar-refractivity contribution is 0.605. The average molecular weight is 280 g/mol. The zero-order chi connectivity index (χ0) is 14.7. The van der Waals surface area contributed by atoms with Crippen molar-refractivity contribution in [2.45, 2.75) is 58.5 Å². The quantitative estimate of drug-likeness (QED) is 0.706. The molecular weight excluding hydrogens is 256 g/mol. The van der Waals surface area contributed by atoms with Crippen molar-refractivity contribution in [3.8, 4) is 0 Å². The molecule has 112 valence electrons. The molecule has 2 atom stereocenters. The van der Waals surface area contributed by atoms with Crippen molar-refractivity contribution in [1.82, 2.24) is 9.55 Å². The summed E-state index contributed by atoms with van der Waals surface area (Å²) in [6.07, 6.45) is 5.20. The number of aromatic amines is 1. The van der Waals surface area contributed by atoms with Gasteiger partial charge in [0.1, 0.15) is 11.5 Å². The Morgan fingerprint density at radius 3 is 2.75 bits per heavy atom. The van der Waals surface area contributed by atoms with E-state index in [0.717, 1.165) is 32.1 Å². The first-order valence-electron chi connectivity index (χ1n) is 7.47. The molecule has 1 aliphatic carbocycles. The molecule has 1 saturated carbocycles. The highest BCUT2D eigenvalue weighted by atomic mass is 16.2. The van der Waals surface area contributed by atoms with E-state index in [4.69, 9.17) is 5.73 Å². The molecule has 1 aliphatic rings. The molecule has 1 aromatic heterocycles. The first kappa shape index (κ1) is 14.7. The van der Waals surface area contributed by atoms with Gasteiger partial charge >= 0.3 is 5.69 Å². The highest BCUT2D eigenvalue weighted by molar-refractivity contribution is 5.61. The van der Waals surface area contributed by atoms with Crippen molar-refractivity contribution < 1.29 is 0 Å². The van der Waals surface area contributed by atoms with E-state index >= 15 is 0 Å². The fourth-order valence-electron chi connectivity index (χ4n) is 2.57. The van der Waals surface area contributed by atoms with Gasteiger partial charge in [-0.3, -0.25) is 14.3 Å². The number of rotatable bonds is 7. The number of nitrogens with zero attached hydrogens (tertiary/aromatic N) is 1. The fourth-order valence-corrected chi connectivity index (χ4v) is 2.57. The fraction of sp³-hybridized carbons (Fsp3) is 0.714. The third kappa shape index (κ3) is 3.05. The van der Waals surface area contributed by atoms with Gasteiger partial charge in [0.2, 0.25) is 0 Å². The maximum atomic E-state index is 11.9. The third-order valence-corrected chi connectivity index (χ3v) is 3.89. The lowest BCUT2D eigenvalue weighted by Gasteiger charge is -2.13. The van der Waals surface area contributed by atoms with Crippen LogP contribution >= 0.6 is 0 Å². The predicted octanol–water partition coefficient (Wildman–Crippen LogP) is 1.52. The summed E-state index contributed by atoms with van der Waals surface area (Å²) in [5.41, 5.74) is 5.51. The molecule has 0 aliphatic heterocycles. The van der Waals surface area contributed by atoms with Gasteiger partial charge in [0.15, 0.2) is 0 Å². The maximum absolute atomic E-state index is 11.9. The summed E-state index contributed by atoms with van der Waals surface area (Å²) in [5.74, 6) is 0.879. The van der Waals surface area contributed by atoms with Crippen molar-refractivity contribution in [2.24, 2.45) is 5.92 Å². The Morgan fingerprint density at radius 1 is 1.35 bits per heavy atom. The Hall–Kier alpha value is -1.72. The Bertz CT molecular complexity index is 576. The number of nitrogen functional groups attached to an aromatic ring is 1. The summed E-state index contributed by atoms with van der Waals surface area (Å²) in [6, 6.07) is 0.315. The topological polar surface area (TPSA) is 92.9 Å². The van der Waals surface area contributed by atoms with Gasteiger partial charge in [0, 0.05) is 12.6 Å². The van der Waals surface area contributed by atoms with Gasteiger partial charge in [0.05, 0.1) is 0 Å². The van der Waals surface area contributed by atoms with Gasteiger partial charge in [-0.15, -0.1) is 0 Å². The van der Waals surface area contributed by atoms with E-state index in [9.17, 15) is 9.59 Å². The molecule has 2 rings (SSSR count). The van der Waals surface area contributed by atoms with Crippen LogP contribution in [0.15, 0.2) is 9.59 Å². The van der Waals surface area contributed by atoms with Crippen LogP contribution in [-0.4, -0.2) is 15.6 Å². The summed E-state index contributed by atoms with van der Waals surface area (Å²) in [6.45, 7) is 4.74. The molecular formula is C14H24N4O2. The molecule has 6 heteroatoms. The molecule has 2 unspecified atom stereocenters. The van der Waals surface area contributed by atoms with Crippen LogP contribution in [0.3, 0.4) is 0 Å². The zero-order valence-electron chi connectivity index (χ0n) is 12.2. The smallest absolute Gasteiger partial charge is 0.330 e. The molecule has 0 spiro atoms. The summed E-state index contributed by atoms with van der Waals surface area (Å²) in [7, 11) is 0. The molecule has 1 aromatic rings. The van der Waals surface area contributed by atoms with Crippen LogP contribution < -0.4 is 22.3 Å². The van der Waals surface area contributed by atoms with Crippen molar-refractivity contribution >= 4 is 11.5 Å². The highest BCUT2D eigenvalue weighted by Gasteiger charge is 2.37. The standard InChI is InChI=1S/C14H24N4O2/c1-3-5-7-18-12(15)11(13(19)17-14(18)20)16-10-8-9(10)6-4-2/h9-10,16H,3-8,15H2,1-2H3,(H,17,19,20). The van der Waals surface area contributed by atoms with E-state index in [-0.39, 0.29) is 5.82 Å². The minimum absolute atomic E-state index is 0.259. The van der Waals surface area contributed by atoms with Crippen LogP contribution in [0.4, 0.5) is 11.5 Å². The van der Waals surface area contributed by atoms with Gasteiger partial charge in [-0.2, -0.15) is 0 Å². The van der Waals surface area contributed by atoms with E-state index in [1.165, 1.54) is 4.57 Å². The molecule has 4 N–H and O–H groups in total. The number of nitrogens with one attached hydrogen (secondary N) is 2. The van der Waals surface area contributed by atoms with Crippen LogP contribution in [0.25, 0.3) is 0 Å². The van der Waals surface area contributed by atoms with Crippen LogP contribution in [-0.2, 0) is 6.54 Å². The Morgan fingerprint density at radius 2 is 2.10 bits per heavy atom. The summed E-state index contributed by atoms with van der Waals surface area (Å²) in [5, 5.41) is 3.20. The number of anilines is 2. The van der Waals surface area contributed by atoms with Gasteiger partial charge in [-0.25, -0.2) is 4.79 Å². The van der Waals surface area contributed by atoms with Crippen LogP contribution in [0.2, 0.25) is 0 Å². The number of unbranched alkanes of at least 4 members (excludes halogenated alkanes) is 1.